The first-order valence-corrected chi connectivity index (χ1v) is 10.9. The Morgan fingerprint density at radius 2 is 1.76 bits per heavy atom. The van der Waals surface area contributed by atoms with E-state index in [2.05, 4.69) is 10.2 Å². The minimum absolute atomic E-state index is 0.112. The summed E-state index contributed by atoms with van der Waals surface area (Å²) in [6.07, 6.45) is 4.73. The van der Waals surface area contributed by atoms with Crippen molar-refractivity contribution in [2.75, 3.05) is 14.2 Å². The number of thioether (sulfide) groups is 1. The molecule has 1 aromatic heterocycles. The fourth-order valence-electron chi connectivity index (χ4n) is 3.14. The van der Waals surface area contributed by atoms with Crippen molar-refractivity contribution >= 4 is 35.1 Å². The zero-order valence-electron chi connectivity index (χ0n) is 18.3. The summed E-state index contributed by atoms with van der Waals surface area (Å²) in [5, 5.41) is 28.3. The van der Waals surface area contributed by atoms with E-state index < -0.39 is 0 Å². The highest BCUT2D eigenvalue weighted by molar-refractivity contribution is 8.18. The Hall–Kier alpha value is -4.18. The Balaban J connectivity index is 1.63. The summed E-state index contributed by atoms with van der Waals surface area (Å²) in [6.45, 7) is 0.195. The number of amidine groups is 1. The van der Waals surface area contributed by atoms with Gasteiger partial charge in [-0.3, -0.25) is 9.69 Å². The van der Waals surface area contributed by atoms with Crippen molar-refractivity contribution in [3.8, 4) is 23.0 Å². The quantitative estimate of drug-likeness (QED) is 0.296. The van der Waals surface area contributed by atoms with Crippen LogP contribution in [-0.4, -0.2) is 46.6 Å². The van der Waals surface area contributed by atoms with Crippen LogP contribution in [-0.2, 0) is 11.3 Å². The molecule has 34 heavy (non-hydrogen) atoms. The number of rotatable bonds is 7. The van der Waals surface area contributed by atoms with E-state index in [0.29, 0.717) is 21.4 Å². The van der Waals surface area contributed by atoms with Crippen LogP contribution < -0.4 is 9.47 Å². The third-order valence-corrected chi connectivity index (χ3v) is 5.82. The first-order valence-electron chi connectivity index (χ1n) is 10.1. The monoisotopic (exact) mass is 479 g/mol. The van der Waals surface area contributed by atoms with Gasteiger partial charge in [-0.25, -0.2) is 0 Å². The third-order valence-electron chi connectivity index (χ3n) is 4.83. The SMILES string of the molecule is COc1cc(/C=N\N=C2\S/C(=C\c3ccc(O)cc3)C(=O)N2Cc2ccco2)cc(OC)c1O. The van der Waals surface area contributed by atoms with Crippen LogP contribution in [0, 0.1) is 0 Å². The molecule has 0 radical (unpaired) electrons. The standard InChI is InChI=1S/C24H21N3O6S/c1-31-19-10-16(11-20(32-2)22(19)29)13-25-26-24-27(14-18-4-3-9-33-18)23(30)21(34-24)12-15-5-7-17(28)8-6-15/h3-13,28-29H,14H2,1-2H3/b21-12-,25-13-,26-24+. The third kappa shape index (κ3) is 5.07. The molecule has 9 nitrogen and oxygen atoms in total. The number of phenolic OH excluding ortho intramolecular Hbond substituents is 2. The zero-order valence-corrected chi connectivity index (χ0v) is 19.2. The van der Waals surface area contributed by atoms with Crippen LogP contribution in [0.2, 0.25) is 0 Å². The molecule has 0 aliphatic carbocycles. The van der Waals surface area contributed by atoms with Gasteiger partial charge in [-0.15, -0.1) is 5.10 Å². The number of nitrogens with zero attached hydrogens (tertiary/aromatic N) is 3. The molecule has 2 heterocycles. The highest BCUT2D eigenvalue weighted by atomic mass is 32.2. The average Bonchev–Trinajstić information content (AvgIpc) is 3.45. The smallest absolute Gasteiger partial charge is 0.267 e. The van der Waals surface area contributed by atoms with E-state index >= 15 is 0 Å². The molecule has 174 valence electrons. The number of methoxy groups -OCH3 is 2. The predicted octanol–water partition coefficient (Wildman–Crippen LogP) is 4.21. The van der Waals surface area contributed by atoms with Crippen LogP contribution in [0.25, 0.3) is 6.08 Å². The number of amides is 1. The molecule has 3 aromatic rings. The average molecular weight is 480 g/mol. The van der Waals surface area contributed by atoms with Crippen molar-refractivity contribution in [3.05, 3.63) is 76.6 Å². The lowest BCUT2D eigenvalue weighted by atomic mass is 10.2. The maximum atomic E-state index is 13.1. The second kappa shape index (κ2) is 10.2. The summed E-state index contributed by atoms with van der Waals surface area (Å²) >= 11 is 1.18. The molecular formula is C24H21N3O6S. The van der Waals surface area contributed by atoms with Crippen LogP contribution in [0.4, 0.5) is 0 Å². The van der Waals surface area contributed by atoms with Gasteiger partial charge >= 0.3 is 0 Å². The van der Waals surface area contributed by atoms with Gasteiger partial charge in [0.25, 0.3) is 5.91 Å². The molecule has 4 rings (SSSR count). The van der Waals surface area contributed by atoms with Gasteiger partial charge in [-0.2, -0.15) is 5.10 Å². The summed E-state index contributed by atoms with van der Waals surface area (Å²) in [6, 6.07) is 13.2. The first kappa shape index (κ1) is 23.0. The molecule has 1 amide bonds. The normalized spacial score (nSPS) is 16.2. The van der Waals surface area contributed by atoms with E-state index in [9.17, 15) is 15.0 Å². The van der Waals surface area contributed by atoms with Gasteiger partial charge in [-0.05, 0) is 59.8 Å². The lowest BCUT2D eigenvalue weighted by Gasteiger charge is -2.12. The predicted molar refractivity (Wildman–Crippen MR) is 129 cm³/mol. The lowest BCUT2D eigenvalue weighted by Crippen LogP contribution is -2.28. The Bertz CT molecular complexity index is 1240. The number of hydrogen-bond acceptors (Lipinski definition) is 9. The van der Waals surface area contributed by atoms with Crippen molar-refractivity contribution in [3.63, 3.8) is 0 Å². The van der Waals surface area contributed by atoms with Crippen LogP contribution in [0.15, 0.2) is 74.3 Å². The number of carbonyl (C=O) groups is 1. The number of aromatic hydroxyl groups is 2. The van der Waals surface area contributed by atoms with Crippen LogP contribution in [0.1, 0.15) is 16.9 Å². The molecule has 10 heteroatoms. The lowest BCUT2D eigenvalue weighted by molar-refractivity contribution is -0.122. The number of benzene rings is 2. The Morgan fingerprint density at radius 1 is 1.06 bits per heavy atom. The second-order valence-corrected chi connectivity index (χ2v) is 8.08. The molecule has 1 aliphatic heterocycles. The topological polar surface area (TPSA) is 117 Å². The fourth-order valence-corrected chi connectivity index (χ4v) is 4.07. The number of phenols is 2. The molecular weight excluding hydrogens is 458 g/mol. The molecule has 1 fully saturated rings. The first-order chi connectivity index (χ1) is 16.5. The van der Waals surface area contributed by atoms with Crippen LogP contribution in [0.3, 0.4) is 0 Å². The Labute approximate surface area is 199 Å². The van der Waals surface area contributed by atoms with Crippen molar-refractivity contribution in [1.29, 1.82) is 0 Å². The maximum Gasteiger partial charge on any atom is 0.267 e. The molecule has 0 atom stereocenters. The van der Waals surface area contributed by atoms with Gasteiger partial charge in [0.05, 0.1) is 38.1 Å². The van der Waals surface area contributed by atoms with Gasteiger partial charge in [0.15, 0.2) is 16.7 Å². The maximum absolute atomic E-state index is 13.1. The molecule has 0 saturated carbocycles. The van der Waals surface area contributed by atoms with Crippen molar-refractivity contribution in [2.24, 2.45) is 10.2 Å². The minimum Gasteiger partial charge on any atom is -0.508 e. The summed E-state index contributed by atoms with van der Waals surface area (Å²) < 4.78 is 15.7. The summed E-state index contributed by atoms with van der Waals surface area (Å²) in [4.78, 5) is 15.0. The van der Waals surface area contributed by atoms with E-state index in [0.717, 1.165) is 5.56 Å². The highest BCUT2D eigenvalue weighted by Gasteiger charge is 2.34. The van der Waals surface area contributed by atoms with Crippen molar-refractivity contribution < 1.29 is 28.9 Å². The van der Waals surface area contributed by atoms with Crippen LogP contribution in [0.5, 0.6) is 23.0 Å². The van der Waals surface area contributed by atoms with Gasteiger partial charge in [0, 0.05) is 5.56 Å². The molecule has 2 aromatic carbocycles. The molecule has 0 spiro atoms. The largest absolute Gasteiger partial charge is 0.508 e. The molecule has 0 bridgehead atoms. The summed E-state index contributed by atoms with van der Waals surface area (Å²) in [5.74, 6) is 0.862. The van der Waals surface area contributed by atoms with Crippen molar-refractivity contribution in [1.82, 2.24) is 4.90 Å². The molecule has 1 aliphatic rings. The minimum atomic E-state index is -0.239. The number of ether oxygens (including phenoxy) is 2. The number of hydrogen-bond donors (Lipinski definition) is 2. The molecule has 0 unspecified atom stereocenters. The molecule has 2 N–H and O–H groups in total. The van der Waals surface area contributed by atoms with Gasteiger partial charge in [0.1, 0.15) is 11.5 Å². The van der Waals surface area contributed by atoms with Crippen LogP contribution >= 0.6 is 11.8 Å². The highest BCUT2D eigenvalue weighted by Crippen LogP contribution is 2.37. The second-order valence-electron chi connectivity index (χ2n) is 7.07. The van der Waals surface area contributed by atoms with Gasteiger partial charge in [0.2, 0.25) is 5.75 Å². The zero-order chi connectivity index (χ0) is 24.1. The summed E-state index contributed by atoms with van der Waals surface area (Å²) in [7, 11) is 2.87. The molecule has 1 saturated heterocycles. The van der Waals surface area contributed by atoms with E-state index in [1.807, 2.05) is 0 Å². The summed E-state index contributed by atoms with van der Waals surface area (Å²) in [5.41, 5.74) is 1.35. The van der Waals surface area contributed by atoms with Gasteiger partial charge < -0.3 is 24.1 Å². The number of carbonyl (C=O) groups excluding carboxylic acids is 1. The number of furan rings is 1. The van der Waals surface area contributed by atoms with Crippen molar-refractivity contribution in [2.45, 2.75) is 6.54 Å². The van der Waals surface area contributed by atoms with E-state index in [1.165, 1.54) is 43.4 Å². The van der Waals surface area contributed by atoms with Gasteiger partial charge in [-0.1, -0.05) is 12.1 Å². The van der Waals surface area contributed by atoms with E-state index in [1.54, 1.807) is 54.6 Å². The Morgan fingerprint density at radius 3 is 2.38 bits per heavy atom. The fraction of sp³-hybridized carbons (Fsp3) is 0.125. The van der Waals surface area contributed by atoms with E-state index in [-0.39, 0.29) is 35.4 Å². The van der Waals surface area contributed by atoms with E-state index in [4.69, 9.17) is 13.9 Å². The Kier molecular flexibility index (Phi) is 6.88.